The van der Waals surface area contributed by atoms with Gasteiger partial charge in [-0.05, 0) is 55.2 Å². The van der Waals surface area contributed by atoms with E-state index in [1.54, 1.807) is 0 Å². The van der Waals surface area contributed by atoms with E-state index in [1.165, 1.54) is 0 Å². The van der Waals surface area contributed by atoms with Crippen molar-refractivity contribution in [2.75, 3.05) is 13.1 Å². The Morgan fingerprint density at radius 3 is 2.70 bits per heavy atom. The molecule has 1 saturated heterocycles. The molecule has 2 aliphatic heterocycles. The van der Waals surface area contributed by atoms with Gasteiger partial charge in [0.15, 0.2) is 11.5 Å². The Kier molecular flexibility index (Phi) is 4.24. The number of hydrogen-bond donors (Lipinski definition) is 1. The second kappa shape index (κ2) is 6.92. The molecule has 4 atom stereocenters. The van der Waals surface area contributed by atoms with Crippen molar-refractivity contribution in [3.63, 3.8) is 0 Å². The molecule has 6 heteroatoms. The van der Waals surface area contributed by atoms with Crippen molar-refractivity contribution < 1.29 is 18.3 Å². The van der Waals surface area contributed by atoms with Gasteiger partial charge in [-0.2, -0.15) is 0 Å². The van der Waals surface area contributed by atoms with E-state index < -0.39 is 23.5 Å². The zero-order valence-electron chi connectivity index (χ0n) is 18.6. The first-order valence-electron chi connectivity index (χ1n) is 12.2. The Bertz CT molecular complexity index is 1090. The quantitative estimate of drug-likeness (QED) is 0.739. The molecule has 7 rings (SSSR count). The maximum atomic E-state index is 16.4. The minimum atomic E-state index is -2.94. The molecule has 3 fully saturated rings. The molecule has 1 radical (unpaired) electrons. The van der Waals surface area contributed by atoms with Crippen LogP contribution in [-0.2, 0) is 18.4 Å². The second-order valence-electron chi connectivity index (χ2n) is 10.6. The molecule has 2 saturated carbocycles. The van der Waals surface area contributed by atoms with Crippen LogP contribution in [-0.4, -0.2) is 42.1 Å². The van der Waals surface area contributed by atoms with Gasteiger partial charge in [-0.25, -0.2) is 8.78 Å². The highest BCUT2D eigenvalue weighted by Gasteiger charge is 2.76. The first-order valence-corrected chi connectivity index (χ1v) is 12.2. The highest BCUT2D eigenvalue weighted by Crippen LogP contribution is 2.68. The molecule has 4 nitrogen and oxygen atoms in total. The number of halogens is 2. The number of likely N-dealkylation sites (tertiary alicyclic amines) is 1. The molecule has 1 spiro atoms. The van der Waals surface area contributed by atoms with Crippen molar-refractivity contribution in [1.29, 1.82) is 0 Å². The minimum Gasteiger partial charge on any atom is -0.485 e. The van der Waals surface area contributed by atoms with Gasteiger partial charge in [0, 0.05) is 30.1 Å². The fourth-order valence-corrected chi connectivity index (χ4v) is 7.00. The van der Waals surface area contributed by atoms with Crippen LogP contribution in [0.25, 0.3) is 0 Å². The van der Waals surface area contributed by atoms with Gasteiger partial charge in [0.2, 0.25) is 0 Å². The lowest BCUT2D eigenvalue weighted by Crippen LogP contribution is -2.75. The van der Waals surface area contributed by atoms with Crippen LogP contribution in [0.2, 0.25) is 0 Å². The molecular formula is C27H29F2N2O2. The molecular weight excluding hydrogens is 422 g/mol. The summed E-state index contributed by atoms with van der Waals surface area (Å²) in [6.45, 7) is 0.931. The average molecular weight is 452 g/mol. The van der Waals surface area contributed by atoms with Crippen LogP contribution in [0.4, 0.5) is 8.78 Å². The molecule has 5 aliphatic rings. The van der Waals surface area contributed by atoms with E-state index in [9.17, 15) is 0 Å². The first kappa shape index (κ1) is 20.2. The summed E-state index contributed by atoms with van der Waals surface area (Å²) in [6.07, 6.45) is 3.69. The van der Waals surface area contributed by atoms with E-state index in [2.05, 4.69) is 4.90 Å². The Balaban J connectivity index is 1.34. The second-order valence-corrected chi connectivity index (χ2v) is 10.6. The monoisotopic (exact) mass is 451 g/mol. The maximum absolute atomic E-state index is 16.4. The third kappa shape index (κ3) is 2.74. The molecule has 0 unspecified atom stereocenters. The predicted octanol–water partition coefficient (Wildman–Crippen LogP) is 4.25. The maximum Gasteiger partial charge on any atom is 0.274 e. The first-order chi connectivity index (χ1) is 16.0. The summed E-state index contributed by atoms with van der Waals surface area (Å²) >= 11 is 0. The zero-order chi connectivity index (χ0) is 22.4. The van der Waals surface area contributed by atoms with Gasteiger partial charge in [0.25, 0.3) is 5.92 Å². The molecule has 173 valence electrons. The lowest BCUT2D eigenvalue weighted by molar-refractivity contribution is -0.170. The molecule has 2 bridgehead atoms. The number of hydrogen-bond acceptors (Lipinski definition) is 4. The SMILES string of the molecule is N[C@@H]1CC[C]2[C@H]3Cc4ccc(OCc5ccccc5)c5c4[C@@]2([C@H]1O5)C(F)(F)CN3CC1CC1. The molecule has 2 aromatic carbocycles. The summed E-state index contributed by atoms with van der Waals surface area (Å²) in [5.41, 5.74) is 7.74. The van der Waals surface area contributed by atoms with Crippen molar-refractivity contribution in [1.82, 2.24) is 4.90 Å². The van der Waals surface area contributed by atoms with Crippen LogP contribution in [0.1, 0.15) is 42.4 Å². The van der Waals surface area contributed by atoms with Gasteiger partial charge in [-0.3, -0.25) is 4.90 Å². The standard InChI is InChI=1S/C27H29F2N2O2/c28-26(29)15-31(13-16-6-7-16)21-12-18-8-11-22(32-14-17-4-2-1-3-5-17)24-23(18)27(26)19(21)9-10-20(30)25(27)33-24/h1-5,8,11,16,20-21,25H,6-7,9-10,12-15,30H2/t20-,21-,25+,27+/m1/s1. The molecule has 0 amide bonds. The van der Waals surface area contributed by atoms with Crippen molar-refractivity contribution >= 4 is 0 Å². The van der Waals surface area contributed by atoms with E-state index in [4.69, 9.17) is 15.2 Å². The van der Waals surface area contributed by atoms with Gasteiger partial charge in [-0.1, -0.05) is 36.4 Å². The van der Waals surface area contributed by atoms with Gasteiger partial charge in [0.05, 0.1) is 6.54 Å². The zero-order valence-corrected chi connectivity index (χ0v) is 18.6. The summed E-state index contributed by atoms with van der Waals surface area (Å²) in [5, 5.41) is 0. The van der Waals surface area contributed by atoms with Crippen molar-refractivity contribution in [2.45, 2.75) is 68.2 Å². The van der Waals surface area contributed by atoms with Crippen LogP contribution in [0.15, 0.2) is 42.5 Å². The van der Waals surface area contributed by atoms with Gasteiger partial charge in [0.1, 0.15) is 18.1 Å². The van der Waals surface area contributed by atoms with Crippen LogP contribution in [0, 0.1) is 11.8 Å². The fraction of sp³-hybridized carbons (Fsp3) is 0.519. The molecule has 33 heavy (non-hydrogen) atoms. The molecule has 2 N–H and O–H groups in total. The highest BCUT2D eigenvalue weighted by atomic mass is 19.3. The number of nitrogens with zero attached hydrogens (tertiary/aromatic N) is 1. The van der Waals surface area contributed by atoms with Gasteiger partial charge >= 0.3 is 0 Å². The number of piperidine rings is 1. The Labute approximate surface area is 193 Å². The predicted molar refractivity (Wildman–Crippen MR) is 120 cm³/mol. The van der Waals surface area contributed by atoms with E-state index in [0.717, 1.165) is 42.9 Å². The average Bonchev–Trinajstić information content (AvgIpc) is 3.54. The minimum absolute atomic E-state index is 0.0540. The Morgan fingerprint density at radius 1 is 1.09 bits per heavy atom. The number of nitrogens with two attached hydrogens (primary N) is 1. The lowest BCUT2D eigenvalue weighted by atomic mass is 9.49. The summed E-state index contributed by atoms with van der Waals surface area (Å²) in [4.78, 5) is 2.08. The van der Waals surface area contributed by atoms with E-state index in [0.29, 0.717) is 42.4 Å². The molecule has 3 aliphatic carbocycles. The van der Waals surface area contributed by atoms with Crippen LogP contribution in [0.5, 0.6) is 11.5 Å². The number of rotatable bonds is 5. The van der Waals surface area contributed by atoms with Crippen molar-refractivity contribution in [3.8, 4) is 11.5 Å². The summed E-state index contributed by atoms with van der Waals surface area (Å²) in [7, 11) is 0. The van der Waals surface area contributed by atoms with Crippen molar-refractivity contribution in [3.05, 3.63) is 65.1 Å². The smallest absolute Gasteiger partial charge is 0.274 e. The van der Waals surface area contributed by atoms with Crippen molar-refractivity contribution in [2.24, 2.45) is 11.7 Å². The summed E-state index contributed by atoms with van der Waals surface area (Å²) in [5.74, 6) is -0.366. The van der Waals surface area contributed by atoms with E-state index in [-0.39, 0.29) is 12.6 Å². The van der Waals surface area contributed by atoms with E-state index >= 15 is 8.78 Å². The highest BCUT2D eigenvalue weighted by molar-refractivity contribution is 5.66. The largest absolute Gasteiger partial charge is 0.485 e. The van der Waals surface area contributed by atoms with Crippen LogP contribution >= 0.6 is 0 Å². The summed E-state index contributed by atoms with van der Waals surface area (Å²) < 4.78 is 45.4. The normalized spacial score (nSPS) is 34.0. The van der Waals surface area contributed by atoms with E-state index in [1.807, 2.05) is 42.5 Å². The van der Waals surface area contributed by atoms with Crippen LogP contribution < -0.4 is 15.2 Å². The Morgan fingerprint density at radius 2 is 1.91 bits per heavy atom. The number of alkyl halides is 2. The van der Waals surface area contributed by atoms with Gasteiger partial charge < -0.3 is 15.2 Å². The number of benzene rings is 2. The molecule has 0 aromatic heterocycles. The molecule has 2 heterocycles. The van der Waals surface area contributed by atoms with Gasteiger partial charge in [-0.15, -0.1) is 0 Å². The summed E-state index contributed by atoms with van der Waals surface area (Å²) in [6, 6.07) is 13.4. The third-order valence-corrected chi connectivity index (χ3v) is 8.58. The third-order valence-electron chi connectivity index (χ3n) is 8.58. The lowest BCUT2D eigenvalue weighted by Gasteiger charge is -2.61. The van der Waals surface area contributed by atoms with Crippen LogP contribution in [0.3, 0.4) is 0 Å². The molecule has 2 aromatic rings. The Hall–Kier alpha value is -2.18. The fourth-order valence-electron chi connectivity index (χ4n) is 7.00. The number of ether oxygens (including phenoxy) is 2. The topological polar surface area (TPSA) is 47.7 Å².